The molecule has 1 N–H and O–H groups in total. The number of hydrogen-bond donors (Lipinski definition) is 1. The van der Waals surface area contributed by atoms with Crippen molar-refractivity contribution in [3.8, 4) is 5.75 Å². The van der Waals surface area contributed by atoms with Gasteiger partial charge in [0.1, 0.15) is 30.8 Å². The third-order valence-corrected chi connectivity index (χ3v) is 4.46. The predicted molar refractivity (Wildman–Crippen MR) is 111 cm³/mol. The largest absolute Gasteiger partial charge is 0.507 e. The molecule has 2 aromatic rings. The smallest absolute Gasteiger partial charge is 0.329 e. The summed E-state index contributed by atoms with van der Waals surface area (Å²) < 4.78 is 23.8. The molecule has 0 aromatic heterocycles. The average Bonchev–Trinajstić information content (AvgIpc) is 2.78. The highest BCUT2D eigenvalue weighted by Crippen LogP contribution is 2.22. The third-order valence-electron chi connectivity index (χ3n) is 4.46. The van der Waals surface area contributed by atoms with Crippen molar-refractivity contribution >= 4 is 17.8 Å². The van der Waals surface area contributed by atoms with Gasteiger partial charge in [-0.05, 0) is 30.2 Å². The van der Waals surface area contributed by atoms with Crippen LogP contribution in [0.15, 0.2) is 61.2 Å². The number of rotatable bonds is 10. The number of hydrogen-bond acceptors (Lipinski definition) is 6. The minimum atomic E-state index is -1.16. The summed E-state index contributed by atoms with van der Waals surface area (Å²) in [6.45, 7) is 3.45. The van der Waals surface area contributed by atoms with E-state index in [1.807, 2.05) is 6.07 Å². The summed E-state index contributed by atoms with van der Waals surface area (Å²) in [4.78, 5) is 38.4. The minimum absolute atomic E-state index is 0.0217. The maximum Gasteiger partial charge on any atom is 0.329 e. The Morgan fingerprint density at radius 2 is 1.87 bits per heavy atom. The lowest BCUT2D eigenvalue weighted by Gasteiger charge is -2.27. The first-order valence-electron chi connectivity index (χ1n) is 9.56. The molecule has 0 bridgehead atoms. The van der Waals surface area contributed by atoms with E-state index in [0.29, 0.717) is 0 Å². The van der Waals surface area contributed by atoms with Gasteiger partial charge in [0.05, 0.1) is 5.56 Å². The van der Waals surface area contributed by atoms with Gasteiger partial charge in [0.2, 0.25) is 0 Å². The molecule has 0 aliphatic rings. The van der Waals surface area contributed by atoms with Crippen molar-refractivity contribution in [2.24, 2.45) is 0 Å². The number of benzene rings is 2. The van der Waals surface area contributed by atoms with Gasteiger partial charge in [0.25, 0.3) is 5.91 Å². The van der Waals surface area contributed by atoms with Crippen LogP contribution in [0.4, 0.5) is 4.39 Å². The summed E-state index contributed by atoms with van der Waals surface area (Å²) in [6, 6.07) is 10.7. The quantitative estimate of drug-likeness (QED) is 0.461. The number of phenols is 1. The highest BCUT2D eigenvalue weighted by atomic mass is 19.1. The minimum Gasteiger partial charge on any atom is -0.507 e. The van der Waals surface area contributed by atoms with E-state index in [0.717, 1.165) is 28.7 Å². The molecule has 0 saturated carbocycles. The molecule has 0 aliphatic carbocycles. The van der Waals surface area contributed by atoms with Crippen LogP contribution in [-0.4, -0.2) is 47.5 Å². The molecule has 31 heavy (non-hydrogen) atoms. The zero-order chi connectivity index (χ0) is 22.8. The molecular weight excluding hydrogens is 405 g/mol. The lowest BCUT2D eigenvalue weighted by atomic mass is 10.1. The summed E-state index contributed by atoms with van der Waals surface area (Å²) >= 11 is 0. The van der Waals surface area contributed by atoms with Gasteiger partial charge in [-0.2, -0.15) is 0 Å². The van der Waals surface area contributed by atoms with Crippen LogP contribution in [0, 0.1) is 5.82 Å². The van der Waals surface area contributed by atoms with Gasteiger partial charge in [0, 0.05) is 13.5 Å². The van der Waals surface area contributed by atoms with E-state index in [9.17, 15) is 23.9 Å². The topological polar surface area (TPSA) is 93.1 Å². The number of ether oxygens (including phenoxy) is 2. The number of halogens is 1. The molecule has 164 valence electrons. The van der Waals surface area contributed by atoms with Crippen LogP contribution >= 0.6 is 0 Å². The Labute approximate surface area is 179 Å². The maximum atomic E-state index is 13.6. The number of esters is 2. The Hall–Kier alpha value is -3.68. The zero-order valence-electron chi connectivity index (χ0n) is 17.1. The number of aromatic hydroxyl groups is 1. The highest BCUT2D eigenvalue weighted by molar-refractivity contribution is 5.99. The normalized spacial score (nSPS) is 11.3. The van der Waals surface area contributed by atoms with Crippen molar-refractivity contribution in [3.63, 3.8) is 0 Å². The summed E-state index contributed by atoms with van der Waals surface area (Å²) in [6.07, 6.45) is 1.17. The van der Waals surface area contributed by atoms with E-state index in [4.69, 9.17) is 9.47 Å². The van der Waals surface area contributed by atoms with Gasteiger partial charge in [-0.25, -0.2) is 9.18 Å². The zero-order valence-corrected chi connectivity index (χ0v) is 17.1. The first-order valence-corrected chi connectivity index (χ1v) is 9.56. The number of amides is 1. The predicted octanol–water partition coefficient (Wildman–Crippen LogP) is 3.22. The summed E-state index contributed by atoms with van der Waals surface area (Å²) in [7, 11) is 1.32. The van der Waals surface area contributed by atoms with Crippen LogP contribution in [0.5, 0.6) is 5.75 Å². The second-order valence-corrected chi connectivity index (χ2v) is 6.70. The van der Waals surface area contributed by atoms with Crippen LogP contribution < -0.4 is 0 Å². The van der Waals surface area contributed by atoms with Crippen molar-refractivity contribution in [1.29, 1.82) is 0 Å². The third kappa shape index (κ3) is 6.95. The lowest BCUT2D eigenvalue weighted by molar-refractivity contribution is -0.151. The molecule has 1 amide bonds. The molecular formula is C23H24FNO6. The first kappa shape index (κ1) is 23.6. The molecule has 0 spiro atoms. The van der Waals surface area contributed by atoms with E-state index in [-0.39, 0.29) is 31.6 Å². The number of carbonyl (C=O) groups excluding carboxylic acids is 3. The fourth-order valence-electron chi connectivity index (χ4n) is 2.78. The van der Waals surface area contributed by atoms with Gasteiger partial charge in [-0.3, -0.25) is 9.59 Å². The lowest BCUT2D eigenvalue weighted by Crippen LogP contribution is -2.43. The van der Waals surface area contributed by atoms with Crippen LogP contribution in [0.3, 0.4) is 0 Å². The summed E-state index contributed by atoms with van der Waals surface area (Å²) in [5.74, 6) is -3.26. The van der Waals surface area contributed by atoms with Gasteiger partial charge >= 0.3 is 11.9 Å². The number of phenolic OH excluding ortho intramolecular Hbond substituents is 1. The van der Waals surface area contributed by atoms with E-state index < -0.39 is 35.5 Å². The molecule has 7 nitrogen and oxygen atoms in total. The fourth-order valence-corrected chi connectivity index (χ4v) is 2.78. The number of carbonyl (C=O) groups is 3. The van der Waals surface area contributed by atoms with Crippen molar-refractivity contribution in [2.75, 3.05) is 13.7 Å². The van der Waals surface area contributed by atoms with Crippen molar-refractivity contribution < 1.29 is 33.4 Å². The average molecular weight is 429 g/mol. The fraction of sp³-hybridized carbons (Fsp3) is 0.261. The van der Waals surface area contributed by atoms with Gasteiger partial charge in [-0.15, -0.1) is 0 Å². The van der Waals surface area contributed by atoms with Gasteiger partial charge < -0.3 is 19.5 Å². The number of nitrogens with zero attached hydrogens (tertiary/aromatic N) is 1. The second kappa shape index (κ2) is 11.5. The Bertz CT molecular complexity index is 931. The van der Waals surface area contributed by atoms with E-state index >= 15 is 0 Å². The summed E-state index contributed by atoms with van der Waals surface area (Å²) in [5, 5.41) is 9.93. The van der Waals surface area contributed by atoms with Gasteiger partial charge in [-0.1, -0.05) is 43.0 Å². The number of likely N-dealkylation sites (N-methyl/N-ethyl adjacent to an activating group) is 1. The standard InChI is InChI=1S/C23H24FNO6/c1-3-13-30-21(27)12-10-19(23(29)31-15-16-7-5-4-6-8-16)25(2)22(28)18-14-17(24)9-11-20(18)26/h3-9,11,14,19,26H,1,10,12-13,15H2,2H3/t19-/m0/s1. The Kier molecular flexibility index (Phi) is 8.75. The van der Waals surface area contributed by atoms with Crippen LogP contribution in [0.2, 0.25) is 0 Å². The monoisotopic (exact) mass is 429 g/mol. The molecule has 0 heterocycles. The Morgan fingerprint density at radius 1 is 1.16 bits per heavy atom. The Balaban J connectivity index is 2.17. The van der Waals surface area contributed by atoms with E-state index in [1.165, 1.54) is 13.1 Å². The maximum absolute atomic E-state index is 13.6. The van der Waals surface area contributed by atoms with E-state index in [2.05, 4.69) is 6.58 Å². The Morgan fingerprint density at radius 3 is 2.55 bits per heavy atom. The van der Waals surface area contributed by atoms with Crippen LogP contribution in [0.1, 0.15) is 28.8 Å². The molecule has 0 fully saturated rings. The summed E-state index contributed by atoms with van der Waals surface area (Å²) in [5.41, 5.74) is 0.439. The SMILES string of the molecule is C=CCOC(=O)CC[C@@H](C(=O)OCc1ccccc1)N(C)C(=O)c1cc(F)ccc1O. The van der Waals surface area contributed by atoms with Crippen LogP contribution in [0.25, 0.3) is 0 Å². The second-order valence-electron chi connectivity index (χ2n) is 6.70. The molecule has 2 rings (SSSR count). The molecule has 1 atom stereocenters. The van der Waals surface area contributed by atoms with E-state index in [1.54, 1.807) is 24.3 Å². The first-order chi connectivity index (χ1) is 14.8. The molecule has 2 aromatic carbocycles. The molecule has 0 aliphatic heterocycles. The van der Waals surface area contributed by atoms with Crippen molar-refractivity contribution in [3.05, 3.63) is 78.1 Å². The molecule has 0 saturated heterocycles. The molecule has 0 unspecified atom stereocenters. The van der Waals surface area contributed by atoms with Gasteiger partial charge in [0.15, 0.2) is 0 Å². The van der Waals surface area contributed by atoms with Crippen molar-refractivity contribution in [1.82, 2.24) is 4.90 Å². The van der Waals surface area contributed by atoms with Crippen LogP contribution in [-0.2, 0) is 25.7 Å². The van der Waals surface area contributed by atoms with Crippen molar-refractivity contribution in [2.45, 2.75) is 25.5 Å². The molecule has 0 radical (unpaired) electrons. The highest BCUT2D eigenvalue weighted by Gasteiger charge is 2.31. The molecule has 8 heteroatoms.